The van der Waals surface area contributed by atoms with Crippen LogP contribution in [0, 0.1) is 6.92 Å². The molecule has 1 aromatic carbocycles. The lowest BCUT2D eigenvalue weighted by molar-refractivity contribution is -0.00984. The summed E-state index contributed by atoms with van der Waals surface area (Å²) in [5.74, 6) is 1.09. The van der Waals surface area contributed by atoms with E-state index in [0.29, 0.717) is 12.1 Å². The molecule has 1 aromatic heterocycles. The molecule has 1 fully saturated rings. The third-order valence-corrected chi connectivity index (χ3v) is 4.11. The van der Waals surface area contributed by atoms with Crippen molar-refractivity contribution in [1.29, 1.82) is 0 Å². The van der Waals surface area contributed by atoms with Crippen molar-refractivity contribution in [3.05, 3.63) is 30.1 Å². The lowest BCUT2D eigenvalue weighted by atomic mass is 9.89. The van der Waals surface area contributed by atoms with Gasteiger partial charge in [0, 0.05) is 25.7 Å². The molecular weight excluding hydrogens is 250 g/mol. The van der Waals surface area contributed by atoms with Crippen molar-refractivity contribution in [2.24, 2.45) is 0 Å². The number of ether oxygens (including phenoxy) is 1. The van der Waals surface area contributed by atoms with E-state index in [0.717, 1.165) is 43.9 Å². The Morgan fingerprint density at radius 1 is 1.35 bits per heavy atom. The molecule has 3 rings (SSSR count). The first-order valence-electron chi connectivity index (χ1n) is 7.54. The largest absolute Gasteiger partial charge is 0.378 e. The van der Waals surface area contributed by atoms with E-state index in [2.05, 4.69) is 46.9 Å². The molecule has 0 spiro atoms. The molecule has 0 amide bonds. The summed E-state index contributed by atoms with van der Waals surface area (Å²) in [6.45, 7) is 6.94. The highest BCUT2D eigenvalue weighted by Gasteiger charge is 2.28. The molecular formula is C16H23N3O. The quantitative estimate of drug-likeness (QED) is 0.879. The third kappa shape index (κ3) is 2.72. The van der Waals surface area contributed by atoms with Gasteiger partial charge in [-0.05, 0) is 38.8 Å². The number of imidazole rings is 1. The summed E-state index contributed by atoms with van der Waals surface area (Å²) in [6.07, 6.45) is 2.78. The molecule has 2 aromatic rings. The van der Waals surface area contributed by atoms with Crippen molar-refractivity contribution in [2.75, 3.05) is 13.2 Å². The highest BCUT2D eigenvalue weighted by atomic mass is 16.5. The Kier molecular flexibility index (Phi) is 4.03. The number of hydrogen-bond acceptors (Lipinski definition) is 3. The van der Waals surface area contributed by atoms with E-state index < -0.39 is 0 Å². The number of aryl methyl sites for hydroxylation is 1. The molecule has 1 N–H and O–H groups in total. The van der Waals surface area contributed by atoms with Gasteiger partial charge in [-0.1, -0.05) is 12.1 Å². The van der Waals surface area contributed by atoms with Crippen LogP contribution in [0.4, 0.5) is 0 Å². The molecule has 108 valence electrons. The Balaban J connectivity index is 1.52. The number of nitrogens with zero attached hydrogens (tertiary/aromatic N) is 2. The Morgan fingerprint density at radius 2 is 2.15 bits per heavy atom. The van der Waals surface area contributed by atoms with E-state index >= 15 is 0 Å². The van der Waals surface area contributed by atoms with Crippen LogP contribution in [0.15, 0.2) is 24.3 Å². The predicted molar refractivity (Wildman–Crippen MR) is 80.9 cm³/mol. The fourth-order valence-electron chi connectivity index (χ4n) is 2.96. The zero-order valence-electron chi connectivity index (χ0n) is 12.3. The summed E-state index contributed by atoms with van der Waals surface area (Å²) in [7, 11) is 0. The van der Waals surface area contributed by atoms with Gasteiger partial charge in [-0.3, -0.25) is 0 Å². The summed E-state index contributed by atoms with van der Waals surface area (Å²) < 4.78 is 7.87. The normalized spacial score (nSPS) is 22.1. The number of nitrogens with one attached hydrogen (secondary N) is 1. The van der Waals surface area contributed by atoms with Crippen molar-refractivity contribution in [3.63, 3.8) is 0 Å². The average molecular weight is 273 g/mol. The number of rotatable bonds is 6. The number of hydrogen-bond donors (Lipinski definition) is 1. The van der Waals surface area contributed by atoms with Gasteiger partial charge in [0.05, 0.1) is 17.1 Å². The van der Waals surface area contributed by atoms with E-state index in [1.807, 2.05) is 6.07 Å². The molecule has 0 bridgehead atoms. The standard InChI is InChI=1S/C16H23N3O/c1-3-20-14-10-13(11-14)17-8-9-19-12(2)18-15-6-4-5-7-16(15)19/h4-7,13-14,17H,3,8-11H2,1-2H3. The van der Waals surface area contributed by atoms with Gasteiger partial charge in [-0.25, -0.2) is 4.98 Å². The first-order chi connectivity index (χ1) is 9.78. The first-order valence-corrected chi connectivity index (χ1v) is 7.54. The maximum absolute atomic E-state index is 5.58. The van der Waals surface area contributed by atoms with Gasteiger partial charge in [-0.15, -0.1) is 0 Å². The summed E-state index contributed by atoms with van der Waals surface area (Å²) in [5, 5.41) is 3.61. The monoisotopic (exact) mass is 273 g/mol. The van der Waals surface area contributed by atoms with Gasteiger partial charge in [0.2, 0.25) is 0 Å². The maximum Gasteiger partial charge on any atom is 0.106 e. The Bertz CT molecular complexity index is 572. The molecule has 1 heterocycles. The Morgan fingerprint density at radius 3 is 2.95 bits per heavy atom. The summed E-state index contributed by atoms with van der Waals surface area (Å²) in [4.78, 5) is 4.60. The molecule has 1 saturated carbocycles. The second kappa shape index (κ2) is 5.94. The first kappa shape index (κ1) is 13.6. The third-order valence-electron chi connectivity index (χ3n) is 4.11. The van der Waals surface area contributed by atoms with Gasteiger partial charge in [-0.2, -0.15) is 0 Å². The second-order valence-corrected chi connectivity index (χ2v) is 5.50. The fourth-order valence-corrected chi connectivity index (χ4v) is 2.96. The maximum atomic E-state index is 5.58. The smallest absolute Gasteiger partial charge is 0.106 e. The molecule has 4 heteroatoms. The van der Waals surface area contributed by atoms with Crippen LogP contribution in [0.1, 0.15) is 25.6 Å². The minimum absolute atomic E-state index is 0.480. The molecule has 4 nitrogen and oxygen atoms in total. The van der Waals surface area contributed by atoms with Gasteiger partial charge in [0.25, 0.3) is 0 Å². The molecule has 0 saturated heterocycles. The van der Waals surface area contributed by atoms with Crippen molar-refractivity contribution in [2.45, 2.75) is 45.4 Å². The van der Waals surface area contributed by atoms with Gasteiger partial charge in [0.1, 0.15) is 5.82 Å². The number of benzene rings is 1. The average Bonchev–Trinajstić information content (AvgIpc) is 2.72. The molecule has 0 unspecified atom stereocenters. The minimum atomic E-state index is 0.480. The topological polar surface area (TPSA) is 39.1 Å². The van der Waals surface area contributed by atoms with E-state index in [9.17, 15) is 0 Å². The Labute approximate surface area is 120 Å². The van der Waals surface area contributed by atoms with Crippen LogP contribution in [-0.2, 0) is 11.3 Å². The SMILES string of the molecule is CCOC1CC(NCCn2c(C)nc3ccccc32)C1. The van der Waals surface area contributed by atoms with Crippen molar-refractivity contribution in [3.8, 4) is 0 Å². The number of aromatic nitrogens is 2. The van der Waals surface area contributed by atoms with E-state index in [-0.39, 0.29) is 0 Å². The van der Waals surface area contributed by atoms with Crippen LogP contribution in [0.25, 0.3) is 11.0 Å². The van der Waals surface area contributed by atoms with E-state index in [4.69, 9.17) is 4.74 Å². The molecule has 20 heavy (non-hydrogen) atoms. The van der Waals surface area contributed by atoms with Crippen LogP contribution < -0.4 is 5.32 Å². The Hall–Kier alpha value is -1.39. The molecule has 0 atom stereocenters. The highest BCUT2D eigenvalue weighted by molar-refractivity contribution is 5.75. The lowest BCUT2D eigenvalue weighted by Gasteiger charge is -2.35. The molecule has 1 aliphatic rings. The van der Waals surface area contributed by atoms with Gasteiger partial charge < -0.3 is 14.6 Å². The predicted octanol–water partition coefficient (Wildman–Crippen LogP) is 2.50. The summed E-state index contributed by atoms with van der Waals surface area (Å²) >= 11 is 0. The summed E-state index contributed by atoms with van der Waals surface area (Å²) in [5.41, 5.74) is 2.32. The van der Waals surface area contributed by atoms with Gasteiger partial charge in [0.15, 0.2) is 0 Å². The number of fused-ring (bicyclic) bond motifs is 1. The van der Waals surface area contributed by atoms with Crippen molar-refractivity contribution < 1.29 is 4.74 Å². The molecule has 0 aliphatic heterocycles. The van der Waals surface area contributed by atoms with E-state index in [1.165, 1.54) is 5.52 Å². The van der Waals surface area contributed by atoms with Crippen LogP contribution in [0.3, 0.4) is 0 Å². The molecule has 1 aliphatic carbocycles. The van der Waals surface area contributed by atoms with Crippen LogP contribution >= 0.6 is 0 Å². The minimum Gasteiger partial charge on any atom is -0.378 e. The van der Waals surface area contributed by atoms with Crippen molar-refractivity contribution in [1.82, 2.24) is 14.9 Å². The zero-order chi connectivity index (χ0) is 13.9. The van der Waals surface area contributed by atoms with Gasteiger partial charge >= 0.3 is 0 Å². The van der Waals surface area contributed by atoms with Crippen LogP contribution in [-0.4, -0.2) is 34.8 Å². The number of para-hydroxylation sites is 2. The highest BCUT2D eigenvalue weighted by Crippen LogP contribution is 2.23. The molecule has 0 radical (unpaired) electrons. The second-order valence-electron chi connectivity index (χ2n) is 5.50. The van der Waals surface area contributed by atoms with Crippen LogP contribution in [0.5, 0.6) is 0 Å². The van der Waals surface area contributed by atoms with Crippen molar-refractivity contribution >= 4 is 11.0 Å². The van der Waals surface area contributed by atoms with E-state index in [1.54, 1.807) is 0 Å². The zero-order valence-corrected chi connectivity index (χ0v) is 12.3. The lowest BCUT2D eigenvalue weighted by Crippen LogP contribution is -2.46. The van der Waals surface area contributed by atoms with Crippen LogP contribution in [0.2, 0.25) is 0 Å². The fraction of sp³-hybridized carbons (Fsp3) is 0.562. The summed E-state index contributed by atoms with van der Waals surface area (Å²) in [6, 6.07) is 8.96.